The summed E-state index contributed by atoms with van der Waals surface area (Å²) in [6.45, 7) is 1.56. The molecule has 0 aliphatic heterocycles. The van der Waals surface area contributed by atoms with Crippen LogP contribution < -0.4 is 4.72 Å². The summed E-state index contributed by atoms with van der Waals surface area (Å²) in [4.78, 5) is 4.20. The topological polar surface area (TPSA) is 103 Å². The first-order valence-electron chi connectivity index (χ1n) is 8.17. The summed E-state index contributed by atoms with van der Waals surface area (Å²) < 4.78 is 27.5. The van der Waals surface area contributed by atoms with E-state index in [0.29, 0.717) is 11.3 Å². The van der Waals surface area contributed by atoms with Gasteiger partial charge < -0.3 is 5.11 Å². The zero-order chi connectivity index (χ0) is 19.4. The number of anilines is 1. The molecule has 0 unspecified atom stereocenters. The summed E-state index contributed by atoms with van der Waals surface area (Å²) in [6, 6.07) is 20.3. The van der Waals surface area contributed by atoms with Crippen LogP contribution in [0, 0.1) is 11.3 Å². The molecule has 0 spiro atoms. The van der Waals surface area contributed by atoms with E-state index >= 15 is 0 Å². The van der Waals surface area contributed by atoms with Crippen LogP contribution in [0.4, 0.5) is 5.82 Å². The zero-order valence-corrected chi connectivity index (χ0v) is 15.3. The molecule has 2 N–H and O–H groups in total. The van der Waals surface area contributed by atoms with Gasteiger partial charge in [-0.15, -0.1) is 0 Å². The van der Waals surface area contributed by atoms with Crippen molar-refractivity contribution in [2.75, 3.05) is 4.72 Å². The Morgan fingerprint density at radius 1 is 1.00 bits per heavy atom. The number of aromatic nitrogens is 1. The standard InChI is InChI=1S/C20H17N3O3S/c1-14(24)19-3-2-4-20(22-19)23-27(25,26)18-11-9-17(10-12-18)16-7-5-15(13-21)6-8-16/h2-12,14,24H,1H3,(H,22,23)/t14-/m0/s1. The van der Waals surface area contributed by atoms with Crippen molar-refractivity contribution in [3.05, 3.63) is 78.0 Å². The second-order valence-corrected chi connectivity index (χ2v) is 7.63. The summed E-state index contributed by atoms with van der Waals surface area (Å²) >= 11 is 0. The molecule has 1 atom stereocenters. The normalized spacial score (nSPS) is 12.2. The van der Waals surface area contributed by atoms with E-state index in [4.69, 9.17) is 5.26 Å². The van der Waals surface area contributed by atoms with Crippen molar-refractivity contribution in [1.29, 1.82) is 5.26 Å². The first-order chi connectivity index (χ1) is 12.9. The van der Waals surface area contributed by atoms with Crippen LogP contribution in [0.1, 0.15) is 24.3 Å². The van der Waals surface area contributed by atoms with Gasteiger partial charge in [0.05, 0.1) is 28.3 Å². The fraction of sp³-hybridized carbons (Fsp3) is 0.100. The molecule has 27 heavy (non-hydrogen) atoms. The molecular weight excluding hydrogens is 362 g/mol. The third-order valence-corrected chi connectivity index (χ3v) is 5.32. The maximum Gasteiger partial charge on any atom is 0.263 e. The Hall–Kier alpha value is -3.21. The first-order valence-corrected chi connectivity index (χ1v) is 9.66. The summed E-state index contributed by atoms with van der Waals surface area (Å²) in [5, 5.41) is 18.4. The van der Waals surface area contributed by atoms with E-state index in [1.807, 2.05) is 12.1 Å². The van der Waals surface area contributed by atoms with Crippen LogP contribution in [0.15, 0.2) is 71.6 Å². The number of hydrogen-bond donors (Lipinski definition) is 2. The monoisotopic (exact) mass is 379 g/mol. The van der Waals surface area contributed by atoms with Crippen LogP contribution in [0.5, 0.6) is 0 Å². The predicted octanol–water partition coefficient (Wildman–Crippen LogP) is 3.47. The molecule has 6 nitrogen and oxygen atoms in total. The number of sulfonamides is 1. The number of nitrogens with one attached hydrogen (secondary N) is 1. The second-order valence-electron chi connectivity index (χ2n) is 5.94. The van der Waals surface area contributed by atoms with Gasteiger partial charge in [0.25, 0.3) is 10.0 Å². The van der Waals surface area contributed by atoms with Crippen molar-refractivity contribution < 1.29 is 13.5 Å². The summed E-state index contributed by atoms with van der Waals surface area (Å²) in [5.41, 5.74) is 2.67. The minimum absolute atomic E-state index is 0.101. The second kappa shape index (κ2) is 7.58. The van der Waals surface area contributed by atoms with E-state index < -0.39 is 16.1 Å². The number of aliphatic hydroxyl groups excluding tert-OH is 1. The largest absolute Gasteiger partial charge is 0.387 e. The van der Waals surface area contributed by atoms with E-state index in [9.17, 15) is 13.5 Å². The van der Waals surface area contributed by atoms with Crippen molar-refractivity contribution in [2.45, 2.75) is 17.9 Å². The molecule has 1 heterocycles. The minimum atomic E-state index is -3.80. The van der Waals surface area contributed by atoms with Gasteiger partial charge in [-0.1, -0.05) is 30.3 Å². The van der Waals surface area contributed by atoms with Crippen molar-refractivity contribution >= 4 is 15.8 Å². The molecule has 0 aliphatic rings. The molecule has 2 aromatic carbocycles. The third-order valence-electron chi connectivity index (χ3n) is 3.95. The fourth-order valence-electron chi connectivity index (χ4n) is 2.50. The Morgan fingerprint density at radius 3 is 2.15 bits per heavy atom. The molecule has 0 bridgehead atoms. The van der Waals surface area contributed by atoms with Crippen molar-refractivity contribution in [1.82, 2.24) is 4.98 Å². The van der Waals surface area contributed by atoms with Crippen LogP contribution in [-0.2, 0) is 10.0 Å². The highest BCUT2D eigenvalue weighted by molar-refractivity contribution is 7.92. The number of nitriles is 1. The first kappa shape index (κ1) is 18.6. The highest BCUT2D eigenvalue weighted by Gasteiger charge is 2.15. The van der Waals surface area contributed by atoms with Gasteiger partial charge in [0.1, 0.15) is 5.82 Å². The van der Waals surface area contributed by atoms with Crippen LogP contribution in [-0.4, -0.2) is 18.5 Å². The van der Waals surface area contributed by atoms with E-state index in [1.54, 1.807) is 43.3 Å². The van der Waals surface area contributed by atoms with E-state index in [1.165, 1.54) is 18.2 Å². The molecule has 3 rings (SSSR count). The van der Waals surface area contributed by atoms with Gasteiger partial charge in [-0.25, -0.2) is 13.4 Å². The smallest absolute Gasteiger partial charge is 0.263 e. The molecule has 7 heteroatoms. The molecule has 3 aromatic rings. The van der Waals surface area contributed by atoms with Gasteiger partial charge in [-0.05, 0) is 54.4 Å². The van der Waals surface area contributed by atoms with Gasteiger partial charge in [0, 0.05) is 0 Å². The maximum atomic E-state index is 12.6. The van der Waals surface area contributed by atoms with Crippen LogP contribution >= 0.6 is 0 Å². The van der Waals surface area contributed by atoms with Gasteiger partial charge in [0.15, 0.2) is 0 Å². The third kappa shape index (κ3) is 4.31. The Morgan fingerprint density at radius 2 is 1.59 bits per heavy atom. The summed E-state index contributed by atoms with van der Waals surface area (Å²) in [7, 11) is -3.80. The maximum absolute atomic E-state index is 12.6. The van der Waals surface area contributed by atoms with Gasteiger partial charge in [0.2, 0.25) is 0 Å². The molecule has 0 radical (unpaired) electrons. The van der Waals surface area contributed by atoms with Crippen molar-refractivity contribution in [2.24, 2.45) is 0 Å². The fourth-order valence-corrected chi connectivity index (χ4v) is 3.50. The molecule has 0 aliphatic carbocycles. The highest BCUT2D eigenvalue weighted by Crippen LogP contribution is 2.23. The molecule has 0 saturated heterocycles. The van der Waals surface area contributed by atoms with Crippen LogP contribution in [0.3, 0.4) is 0 Å². The lowest BCUT2D eigenvalue weighted by atomic mass is 10.0. The molecule has 0 amide bonds. The Kier molecular flexibility index (Phi) is 5.21. The highest BCUT2D eigenvalue weighted by atomic mass is 32.2. The van der Waals surface area contributed by atoms with Gasteiger partial charge in [-0.2, -0.15) is 5.26 Å². The average Bonchev–Trinajstić information content (AvgIpc) is 2.68. The van der Waals surface area contributed by atoms with Gasteiger partial charge in [-0.3, -0.25) is 4.72 Å². The SMILES string of the molecule is C[C@H](O)c1cccc(NS(=O)(=O)c2ccc(-c3ccc(C#N)cc3)cc2)n1. The van der Waals surface area contributed by atoms with Gasteiger partial charge >= 0.3 is 0 Å². The number of rotatable bonds is 5. The summed E-state index contributed by atoms with van der Waals surface area (Å²) in [6.07, 6.45) is -0.791. The number of hydrogen-bond acceptors (Lipinski definition) is 5. The lowest BCUT2D eigenvalue weighted by Crippen LogP contribution is -2.14. The molecule has 1 aromatic heterocycles. The number of aliphatic hydroxyl groups is 1. The number of benzene rings is 2. The van der Waals surface area contributed by atoms with E-state index in [2.05, 4.69) is 15.8 Å². The Bertz CT molecular complexity index is 1080. The lowest BCUT2D eigenvalue weighted by Gasteiger charge is -2.10. The molecule has 0 fully saturated rings. The predicted molar refractivity (Wildman–Crippen MR) is 102 cm³/mol. The minimum Gasteiger partial charge on any atom is -0.387 e. The zero-order valence-electron chi connectivity index (χ0n) is 14.5. The van der Waals surface area contributed by atoms with E-state index in [0.717, 1.165) is 11.1 Å². The number of pyridine rings is 1. The van der Waals surface area contributed by atoms with Crippen molar-refractivity contribution in [3.63, 3.8) is 0 Å². The molecular formula is C20H17N3O3S. The summed E-state index contributed by atoms with van der Waals surface area (Å²) in [5.74, 6) is 0.143. The van der Waals surface area contributed by atoms with E-state index in [-0.39, 0.29) is 10.7 Å². The molecule has 0 saturated carbocycles. The Balaban J connectivity index is 1.83. The Labute approximate surface area is 157 Å². The van der Waals surface area contributed by atoms with Crippen LogP contribution in [0.25, 0.3) is 11.1 Å². The molecule has 136 valence electrons. The van der Waals surface area contributed by atoms with Crippen molar-refractivity contribution in [3.8, 4) is 17.2 Å². The number of nitrogens with zero attached hydrogens (tertiary/aromatic N) is 2. The quantitative estimate of drug-likeness (QED) is 0.706. The van der Waals surface area contributed by atoms with Crippen LogP contribution in [0.2, 0.25) is 0 Å². The average molecular weight is 379 g/mol. The lowest BCUT2D eigenvalue weighted by molar-refractivity contribution is 0.194.